The average molecular weight is 333 g/mol. The number of hydrogen-bond acceptors (Lipinski definition) is 5. The summed E-state index contributed by atoms with van der Waals surface area (Å²) in [6.07, 6.45) is 0.336. The number of hydrogen-bond donors (Lipinski definition) is 2. The molecule has 2 N–H and O–H groups in total. The standard InChI is InChI=1S/C17H19NO6/c1-10(2)7-13(17(21)22)18-15(19)9-23-12-5-3-11-4-6-16(20)24-14(11)8-12/h3-6,8,10,13H,7,9H2,1-2H3,(H,18,19)(H,21,22)/t13-/m0/s1. The molecule has 0 aliphatic heterocycles. The van der Waals surface area contributed by atoms with E-state index < -0.39 is 23.5 Å². The minimum Gasteiger partial charge on any atom is -0.484 e. The molecule has 0 fully saturated rings. The van der Waals surface area contributed by atoms with E-state index in [0.717, 1.165) is 5.39 Å². The van der Waals surface area contributed by atoms with Crippen LogP contribution in [0.15, 0.2) is 39.5 Å². The topological polar surface area (TPSA) is 106 Å². The number of carbonyl (C=O) groups is 2. The summed E-state index contributed by atoms with van der Waals surface area (Å²) in [6.45, 7) is 3.42. The highest BCUT2D eigenvalue weighted by Crippen LogP contribution is 2.19. The van der Waals surface area contributed by atoms with E-state index in [1.165, 1.54) is 12.1 Å². The van der Waals surface area contributed by atoms with E-state index in [2.05, 4.69) is 5.32 Å². The van der Waals surface area contributed by atoms with Gasteiger partial charge in [-0.15, -0.1) is 0 Å². The highest BCUT2D eigenvalue weighted by Gasteiger charge is 2.21. The van der Waals surface area contributed by atoms with Gasteiger partial charge in [-0.25, -0.2) is 9.59 Å². The van der Waals surface area contributed by atoms with Crippen LogP contribution in [-0.2, 0) is 9.59 Å². The van der Waals surface area contributed by atoms with Crippen molar-refractivity contribution in [2.75, 3.05) is 6.61 Å². The van der Waals surface area contributed by atoms with E-state index in [9.17, 15) is 14.4 Å². The highest BCUT2D eigenvalue weighted by molar-refractivity contribution is 5.84. The van der Waals surface area contributed by atoms with Crippen LogP contribution in [0, 0.1) is 5.92 Å². The van der Waals surface area contributed by atoms with Gasteiger partial charge in [0.05, 0.1) is 0 Å². The average Bonchev–Trinajstić information content (AvgIpc) is 2.51. The zero-order valence-electron chi connectivity index (χ0n) is 13.4. The first-order chi connectivity index (χ1) is 11.3. The predicted molar refractivity (Wildman–Crippen MR) is 87.0 cm³/mol. The number of ether oxygens (including phenoxy) is 1. The number of fused-ring (bicyclic) bond motifs is 1. The molecule has 0 saturated heterocycles. The molecular formula is C17H19NO6. The molecule has 1 aromatic carbocycles. The van der Waals surface area contributed by atoms with Gasteiger partial charge in [0.25, 0.3) is 5.91 Å². The van der Waals surface area contributed by atoms with Crippen LogP contribution in [0.1, 0.15) is 20.3 Å². The van der Waals surface area contributed by atoms with Crippen molar-refractivity contribution in [3.63, 3.8) is 0 Å². The molecule has 1 aromatic heterocycles. The maximum Gasteiger partial charge on any atom is 0.336 e. The number of carbonyl (C=O) groups excluding carboxylic acids is 1. The molecule has 0 radical (unpaired) electrons. The fraction of sp³-hybridized carbons (Fsp3) is 0.353. The minimum absolute atomic E-state index is 0.135. The number of carboxylic acids is 1. The van der Waals surface area contributed by atoms with Crippen LogP contribution in [-0.4, -0.2) is 29.6 Å². The van der Waals surface area contributed by atoms with Gasteiger partial charge in [0.1, 0.15) is 17.4 Å². The van der Waals surface area contributed by atoms with Crippen molar-refractivity contribution >= 4 is 22.8 Å². The second kappa shape index (κ2) is 7.63. The Bertz CT molecular complexity index is 795. The van der Waals surface area contributed by atoms with Crippen LogP contribution in [0.4, 0.5) is 0 Å². The molecule has 0 aliphatic carbocycles. The van der Waals surface area contributed by atoms with Gasteiger partial charge in [-0.1, -0.05) is 13.8 Å². The summed E-state index contributed by atoms with van der Waals surface area (Å²) in [4.78, 5) is 34.2. The van der Waals surface area contributed by atoms with Crippen LogP contribution in [0.3, 0.4) is 0 Å². The third-order valence-corrected chi connectivity index (χ3v) is 3.30. The molecule has 0 spiro atoms. The molecular weight excluding hydrogens is 314 g/mol. The summed E-state index contributed by atoms with van der Waals surface area (Å²) in [5.74, 6) is -1.12. The Morgan fingerprint density at radius 2 is 1.96 bits per heavy atom. The van der Waals surface area contributed by atoms with Gasteiger partial charge in [0, 0.05) is 17.5 Å². The second-order valence-electron chi connectivity index (χ2n) is 5.83. The molecule has 128 valence electrons. The largest absolute Gasteiger partial charge is 0.484 e. The third-order valence-electron chi connectivity index (χ3n) is 3.30. The molecule has 7 heteroatoms. The lowest BCUT2D eigenvalue weighted by atomic mass is 10.0. The molecule has 0 bridgehead atoms. The van der Waals surface area contributed by atoms with Crippen molar-refractivity contribution in [3.8, 4) is 5.75 Å². The Kier molecular flexibility index (Phi) is 5.57. The van der Waals surface area contributed by atoms with E-state index in [4.69, 9.17) is 14.3 Å². The molecule has 24 heavy (non-hydrogen) atoms. The van der Waals surface area contributed by atoms with Crippen molar-refractivity contribution in [2.24, 2.45) is 5.92 Å². The van der Waals surface area contributed by atoms with E-state index in [1.807, 2.05) is 13.8 Å². The number of amides is 1. The van der Waals surface area contributed by atoms with Gasteiger partial charge >= 0.3 is 11.6 Å². The van der Waals surface area contributed by atoms with Gasteiger partial charge < -0.3 is 19.6 Å². The smallest absolute Gasteiger partial charge is 0.336 e. The zero-order valence-corrected chi connectivity index (χ0v) is 13.4. The van der Waals surface area contributed by atoms with Gasteiger partial charge in [-0.3, -0.25) is 4.79 Å². The number of benzene rings is 1. The monoisotopic (exact) mass is 333 g/mol. The molecule has 7 nitrogen and oxygen atoms in total. The molecule has 2 aromatic rings. The van der Waals surface area contributed by atoms with E-state index >= 15 is 0 Å². The third kappa shape index (κ3) is 4.84. The second-order valence-corrected chi connectivity index (χ2v) is 5.83. The molecule has 1 atom stereocenters. The van der Waals surface area contributed by atoms with Crippen LogP contribution in [0.5, 0.6) is 5.75 Å². The van der Waals surface area contributed by atoms with Crippen LogP contribution in [0.25, 0.3) is 11.0 Å². The number of carboxylic acid groups (broad SMARTS) is 1. The normalized spacial score (nSPS) is 12.1. The van der Waals surface area contributed by atoms with Crippen molar-refractivity contribution < 1.29 is 23.8 Å². The summed E-state index contributed by atoms with van der Waals surface area (Å²) in [7, 11) is 0. The van der Waals surface area contributed by atoms with Crippen LogP contribution in [0.2, 0.25) is 0 Å². The summed E-state index contributed by atoms with van der Waals surface area (Å²) < 4.78 is 10.4. The maximum absolute atomic E-state index is 11.9. The minimum atomic E-state index is -1.08. The Hall–Kier alpha value is -2.83. The lowest BCUT2D eigenvalue weighted by Gasteiger charge is -2.16. The molecule has 2 rings (SSSR count). The lowest BCUT2D eigenvalue weighted by Crippen LogP contribution is -2.43. The SMILES string of the molecule is CC(C)C[C@H](NC(=O)COc1ccc2ccc(=O)oc2c1)C(=O)O. The predicted octanol–water partition coefficient (Wildman–Crippen LogP) is 1.79. The maximum atomic E-state index is 11.9. The Labute approximate surface area is 138 Å². The van der Waals surface area contributed by atoms with Crippen molar-refractivity contribution in [2.45, 2.75) is 26.3 Å². The fourth-order valence-electron chi connectivity index (χ4n) is 2.21. The molecule has 0 aliphatic rings. The van der Waals surface area contributed by atoms with Gasteiger partial charge in [-0.05, 0) is 30.5 Å². The number of rotatable bonds is 7. The summed E-state index contributed by atoms with van der Waals surface area (Å²) in [6, 6.07) is 6.84. The molecule has 1 amide bonds. The van der Waals surface area contributed by atoms with Crippen molar-refractivity contribution in [1.82, 2.24) is 5.32 Å². The Balaban J connectivity index is 1.98. The van der Waals surface area contributed by atoms with Crippen LogP contribution < -0.4 is 15.7 Å². The molecule has 0 unspecified atom stereocenters. The fourth-order valence-corrected chi connectivity index (χ4v) is 2.21. The Morgan fingerprint density at radius 3 is 2.62 bits per heavy atom. The van der Waals surface area contributed by atoms with E-state index in [1.54, 1.807) is 18.2 Å². The summed E-state index contributed by atoms with van der Waals surface area (Å²) >= 11 is 0. The van der Waals surface area contributed by atoms with Gasteiger partial charge in [-0.2, -0.15) is 0 Å². The van der Waals surface area contributed by atoms with Crippen molar-refractivity contribution in [1.29, 1.82) is 0 Å². The Morgan fingerprint density at radius 1 is 1.25 bits per heavy atom. The summed E-state index contributed by atoms with van der Waals surface area (Å²) in [5, 5.41) is 12.3. The first-order valence-corrected chi connectivity index (χ1v) is 7.54. The van der Waals surface area contributed by atoms with Crippen LogP contribution >= 0.6 is 0 Å². The highest BCUT2D eigenvalue weighted by atomic mass is 16.5. The van der Waals surface area contributed by atoms with Crippen molar-refractivity contribution in [3.05, 3.63) is 40.8 Å². The lowest BCUT2D eigenvalue weighted by molar-refractivity contribution is -0.142. The molecule has 1 heterocycles. The number of aliphatic carboxylic acids is 1. The zero-order chi connectivity index (χ0) is 17.7. The van der Waals surface area contributed by atoms with Gasteiger partial charge in [0.15, 0.2) is 6.61 Å². The number of nitrogens with one attached hydrogen (secondary N) is 1. The molecule has 0 saturated carbocycles. The van der Waals surface area contributed by atoms with Gasteiger partial charge in [0.2, 0.25) is 0 Å². The van der Waals surface area contributed by atoms with E-state index in [0.29, 0.717) is 17.8 Å². The first-order valence-electron chi connectivity index (χ1n) is 7.54. The first kappa shape index (κ1) is 17.5. The quantitative estimate of drug-likeness (QED) is 0.748. The summed E-state index contributed by atoms with van der Waals surface area (Å²) in [5.41, 5.74) is -0.126. The van der Waals surface area contributed by atoms with E-state index in [-0.39, 0.29) is 12.5 Å².